The van der Waals surface area contributed by atoms with Crippen molar-refractivity contribution in [2.75, 3.05) is 0 Å². The Morgan fingerprint density at radius 3 is 2.46 bits per heavy atom. The first-order valence-electron chi connectivity index (χ1n) is 4.67. The lowest BCUT2D eigenvalue weighted by atomic mass is 9.84. The van der Waals surface area contributed by atoms with E-state index < -0.39 is 0 Å². The van der Waals surface area contributed by atoms with Gasteiger partial charge in [0, 0.05) is 5.41 Å². The number of hydrogen-bond donors (Lipinski definition) is 1. The fraction of sp³-hybridized carbons (Fsp3) is 0.636. The molecule has 0 spiro atoms. The van der Waals surface area contributed by atoms with Gasteiger partial charge in [0.05, 0.1) is 6.10 Å². The van der Waals surface area contributed by atoms with Crippen LogP contribution in [0.5, 0.6) is 0 Å². The summed E-state index contributed by atoms with van der Waals surface area (Å²) in [5, 5.41) is 9.31. The fourth-order valence-electron chi connectivity index (χ4n) is 1.64. The maximum atomic E-state index is 9.31. The number of aliphatic hydroxyl groups is 1. The van der Waals surface area contributed by atoms with Gasteiger partial charge >= 0.3 is 0 Å². The van der Waals surface area contributed by atoms with Crippen molar-refractivity contribution in [3.8, 4) is 0 Å². The SMILES string of the molecule is Cc1ccc(C(C)(C)CC(C)O)o1. The van der Waals surface area contributed by atoms with Crippen LogP contribution in [0.1, 0.15) is 38.7 Å². The van der Waals surface area contributed by atoms with Gasteiger partial charge in [-0.15, -0.1) is 0 Å². The van der Waals surface area contributed by atoms with Gasteiger partial charge in [0.25, 0.3) is 0 Å². The van der Waals surface area contributed by atoms with E-state index >= 15 is 0 Å². The zero-order valence-electron chi connectivity index (χ0n) is 8.79. The van der Waals surface area contributed by atoms with Crippen molar-refractivity contribution in [1.29, 1.82) is 0 Å². The summed E-state index contributed by atoms with van der Waals surface area (Å²) in [7, 11) is 0. The van der Waals surface area contributed by atoms with Gasteiger partial charge in [0.1, 0.15) is 11.5 Å². The first-order valence-corrected chi connectivity index (χ1v) is 4.67. The predicted molar refractivity (Wildman–Crippen MR) is 52.8 cm³/mol. The van der Waals surface area contributed by atoms with Gasteiger partial charge in [-0.1, -0.05) is 13.8 Å². The maximum absolute atomic E-state index is 9.31. The molecule has 0 radical (unpaired) electrons. The van der Waals surface area contributed by atoms with Crippen LogP contribution in [0.25, 0.3) is 0 Å². The first-order chi connectivity index (χ1) is 5.92. The molecular weight excluding hydrogens is 164 g/mol. The molecule has 0 aromatic carbocycles. The Bertz CT molecular complexity index is 271. The predicted octanol–water partition coefficient (Wildman–Crippen LogP) is 2.64. The molecule has 0 bridgehead atoms. The highest BCUT2D eigenvalue weighted by atomic mass is 16.3. The van der Waals surface area contributed by atoms with Crippen molar-refractivity contribution in [1.82, 2.24) is 0 Å². The average molecular weight is 182 g/mol. The van der Waals surface area contributed by atoms with Gasteiger partial charge in [0.2, 0.25) is 0 Å². The highest BCUT2D eigenvalue weighted by Gasteiger charge is 2.25. The summed E-state index contributed by atoms with van der Waals surface area (Å²) >= 11 is 0. The van der Waals surface area contributed by atoms with Gasteiger partial charge in [-0.2, -0.15) is 0 Å². The van der Waals surface area contributed by atoms with Crippen LogP contribution in [0.3, 0.4) is 0 Å². The van der Waals surface area contributed by atoms with Crippen LogP contribution < -0.4 is 0 Å². The van der Waals surface area contributed by atoms with E-state index in [1.165, 1.54) is 0 Å². The molecule has 2 nitrogen and oxygen atoms in total. The largest absolute Gasteiger partial charge is 0.466 e. The molecule has 0 amide bonds. The third-order valence-electron chi connectivity index (χ3n) is 2.21. The van der Waals surface area contributed by atoms with Crippen molar-refractivity contribution < 1.29 is 9.52 Å². The van der Waals surface area contributed by atoms with Crippen LogP contribution in [0.4, 0.5) is 0 Å². The van der Waals surface area contributed by atoms with E-state index in [9.17, 15) is 5.11 Å². The van der Waals surface area contributed by atoms with Crippen LogP contribution in [-0.4, -0.2) is 11.2 Å². The van der Waals surface area contributed by atoms with Crippen molar-refractivity contribution in [3.63, 3.8) is 0 Å². The summed E-state index contributed by atoms with van der Waals surface area (Å²) in [6.45, 7) is 7.90. The van der Waals surface area contributed by atoms with Crippen molar-refractivity contribution in [3.05, 3.63) is 23.7 Å². The van der Waals surface area contributed by atoms with Crippen molar-refractivity contribution in [2.24, 2.45) is 0 Å². The van der Waals surface area contributed by atoms with Crippen LogP contribution >= 0.6 is 0 Å². The number of furan rings is 1. The average Bonchev–Trinajstić information content (AvgIpc) is 2.32. The maximum Gasteiger partial charge on any atom is 0.109 e. The molecule has 0 aliphatic rings. The Kier molecular flexibility index (Phi) is 2.81. The summed E-state index contributed by atoms with van der Waals surface area (Å²) in [5.74, 6) is 1.87. The molecule has 0 aliphatic heterocycles. The Hall–Kier alpha value is -0.760. The van der Waals surface area contributed by atoms with E-state index in [1.807, 2.05) is 19.1 Å². The van der Waals surface area contributed by atoms with Crippen LogP contribution in [0, 0.1) is 6.92 Å². The molecule has 1 atom stereocenters. The monoisotopic (exact) mass is 182 g/mol. The topological polar surface area (TPSA) is 33.4 Å². The molecule has 2 heteroatoms. The van der Waals surface area contributed by atoms with E-state index in [0.29, 0.717) is 0 Å². The molecule has 13 heavy (non-hydrogen) atoms. The second kappa shape index (κ2) is 3.54. The van der Waals surface area contributed by atoms with Crippen LogP contribution in [0.15, 0.2) is 16.5 Å². The first kappa shape index (κ1) is 10.3. The van der Waals surface area contributed by atoms with E-state index in [2.05, 4.69) is 13.8 Å². The van der Waals surface area contributed by atoms with Gasteiger partial charge in [-0.05, 0) is 32.4 Å². The molecule has 0 aliphatic carbocycles. The molecular formula is C11H18O2. The molecule has 0 saturated carbocycles. The minimum atomic E-state index is -0.291. The molecule has 1 N–H and O–H groups in total. The lowest BCUT2D eigenvalue weighted by Gasteiger charge is -2.23. The Balaban J connectivity index is 2.80. The molecule has 0 fully saturated rings. The Labute approximate surface area is 79.6 Å². The second-order valence-corrected chi connectivity index (χ2v) is 4.35. The van der Waals surface area contributed by atoms with Gasteiger partial charge < -0.3 is 9.52 Å². The summed E-state index contributed by atoms with van der Waals surface area (Å²) in [4.78, 5) is 0. The molecule has 1 aromatic rings. The molecule has 1 heterocycles. The standard InChI is InChI=1S/C11H18O2/c1-8(12)7-11(3,4)10-6-5-9(2)13-10/h5-6,8,12H,7H2,1-4H3. The van der Waals surface area contributed by atoms with Gasteiger partial charge in [-0.3, -0.25) is 0 Å². The van der Waals surface area contributed by atoms with Crippen LogP contribution in [0.2, 0.25) is 0 Å². The normalized spacial score (nSPS) is 14.5. The molecule has 0 saturated heterocycles. The highest BCUT2D eigenvalue weighted by Crippen LogP contribution is 2.29. The fourth-order valence-corrected chi connectivity index (χ4v) is 1.64. The number of hydrogen-bond acceptors (Lipinski definition) is 2. The van der Waals surface area contributed by atoms with E-state index in [1.54, 1.807) is 6.92 Å². The minimum absolute atomic E-state index is 0.0809. The van der Waals surface area contributed by atoms with Gasteiger partial charge in [-0.25, -0.2) is 0 Å². The molecule has 74 valence electrons. The summed E-state index contributed by atoms with van der Waals surface area (Å²) in [6.07, 6.45) is 0.431. The minimum Gasteiger partial charge on any atom is -0.466 e. The van der Waals surface area contributed by atoms with E-state index in [0.717, 1.165) is 17.9 Å². The van der Waals surface area contributed by atoms with Gasteiger partial charge in [0.15, 0.2) is 0 Å². The summed E-state index contributed by atoms with van der Waals surface area (Å²) in [5.41, 5.74) is -0.0809. The third-order valence-corrected chi connectivity index (χ3v) is 2.21. The smallest absolute Gasteiger partial charge is 0.109 e. The third kappa shape index (κ3) is 2.59. The number of rotatable bonds is 3. The zero-order chi connectivity index (χ0) is 10.1. The van der Waals surface area contributed by atoms with Crippen LogP contribution in [-0.2, 0) is 5.41 Å². The number of aliphatic hydroxyl groups excluding tert-OH is 1. The lowest BCUT2D eigenvalue weighted by Crippen LogP contribution is -2.22. The summed E-state index contributed by atoms with van der Waals surface area (Å²) < 4.78 is 5.54. The zero-order valence-corrected chi connectivity index (χ0v) is 8.79. The molecule has 1 aromatic heterocycles. The summed E-state index contributed by atoms with van der Waals surface area (Å²) in [6, 6.07) is 3.94. The quantitative estimate of drug-likeness (QED) is 0.779. The van der Waals surface area contributed by atoms with E-state index in [4.69, 9.17) is 4.42 Å². The lowest BCUT2D eigenvalue weighted by molar-refractivity contribution is 0.148. The van der Waals surface area contributed by atoms with Crippen molar-refractivity contribution in [2.45, 2.75) is 45.6 Å². The van der Waals surface area contributed by atoms with Crippen molar-refractivity contribution >= 4 is 0 Å². The Morgan fingerprint density at radius 2 is 2.08 bits per heavy atom. The highest BCUT2D eigenvalue weighted by molar-refractivity contribution is 5.14. The number of aryl methyl sites for hydroxylation is 1. The Morgan fingerprint density at radius 1 is 1.46 bits per heavy atom. The second-order valence-electron chi connectivity index (χ2n) is 4.35. The molecule has 1 rings (SSSR count). The molecule has 1 unspecified atom stereocenters. The van der Waals surface area contributed by atoms with E-state index in [-0.39, 0.29) is 11.5 Å².